The summed E-state index contributed by atoms with van der Waals surface area (Å²) < 4.78 is 4.99. The van der Waals surface area contributed by atoms with Crippen LogP contribution in [-0.4, -0.2) is 30.4 Å². The van der Waals surface area contributed by atoms with Gasteiger partial charge in [0.25, 0.3) is 5.91 Å². The fourth-order valence-corrected chi connectivity index (χ4v) is 1.89. The molecule has 1 saturated carbocycles. The number of para-hydroxylation sites is 1. The van der Waals surface area contributed by atoms with Gasteiger partial charge in [0, 0.05) is 13.0 Å². The number of carbonyl (C=O) groups is 3. The Bertz CT molecular complexity index is 579. The third-order valence-electron chi connectivity index (χ3n) is 3.07. The van der Waals surface area contributed by atoms with Crippen LogP contribution in [-0.2, 0) is 14.3 Å². The molecule has 1 aromatic rings. The molecule has 0 heterocycles. The molecular formula is C15H18N2O4. The van der Waals surface area contributed by atoms with E-state index < -0.39 is 5.97 Å². The Morgan fingerprint density at radius 1 is 1.29 bits per heavy atom. The Balaban J connectivity index is 2.02. The summed E-state index contributed by atoms with van der Waals surface area (Å²) in [4.78, 5) is 34.8. The molecule has 21 heavy (non-hydrogen) atoms. The van der Waals surface area contributed by atoms with Crippen molar-refractivity contribution in [2.45, 2.75) is 32.7 Å². The van der Waals surface area contributed by atoms with E-state index in [1.54, 1.807) is 25.1 Å². The van der Waals surface area contributed by atoms with Crippen LogP contribution >= 0.6 is 0 Å². The maximum atomic E-state index is 12.1. The molecule has 6 nitrogen and oxygen atoms in total. The molecule has 6 heteroatoms. The van der Waals surface area contributed by atoms with E-state index in [0.29, 0.717) is 5.69 Å². The first-order valence-electron chi connectivity index (χ1n) is 6.81. The zero-order valence-electron chi connectivity index (χ0n) is 12.1. The molecule has 0 aromatic heterocycles. The minimum absolute atomic E-state index is 0.227. The van der Waals surface area contributed by atoms with Crippen molar-refractivity contribution >= 4 is 23.5 Å². The number of esters is 1. The highest BCUT2D eigenvalue weighted by atomic mass is 16.5. The monoisotopic (exact) mass is 290 g/mol. The zero-order chi connectivity index (χ0) is 15.4. The first-order chi connectivity index (χ1) is 9.97. The van der Waals surface area contributed by atoms with Crippen LogP contribution in [0, 0.1) is 6.92 Å². The topological polar surface area (TPSA) is 84.5 Å². The van der Waals surface area contributed by atoms with Crippen molar-refractivity contribution in [2.75, 3.05) is 11.9 Å². The van der Waals surface area contributed by atoms with Crippen LogP contribution in [0.25, 0.3) is 0 Å². The second-order valence-electron chi connectivity index (χ2n) is 5.10. The van der Waals surface area contributed by atoms with E-state index in [9.17, 15) is 14.4 Å². The van der Waals surface area contributed by atoms with Gasteiger partial charge in [0.1, 0.15) is 0 Å². The van der Waals surface area contributed by atoms with Gasteiger partial charge in [-0.2, -0.15) is 0 Å². The molecule has 0 saturated heterocycles. The predicted octanol–water partition coefficient (Wildman–Crippen LogP) is 1.39. The molecular weight excluding hydrogens is 272 g/mol. The van der Waals surface area contributed by atoms with Crippen molar-refractivity contribution in [2.24, 2.45) is 0 Å². The molecule has 1 aromatic carbocycles. The largest absolute Gasteiger partial charge is 0.452 e. The molecule has 2 rings (SSSR count). The highest BCUT2D eigenvalue weighted by Gasteiger charge is 2.24. The third-order valence-corrected chi connectivity index (χ3v) is 3.07. The van der Waals surface area contributed by atoms with Crippen LogP contribution < -0.4 is 10.6 Å². The summed E-state index contributed by atoms with van der Waals surface area (Å²) in [5, 5.41) is 5.35. The molecule has 0 atom stereocenters. The number of amides is 2. The maximum Gasteiger partial charge on any atom is 0.340 e. The minimum Gasteiger partial charge on any atom is -0.452 e. The van der Waals surface area contributed by atoms with Gasteiger partial charge in [-0.1, -0.05) is 12.1 Å². The van der Waals surface area contributed by atoms with E-state index >= 15 is 0 Å². The number of rotatable bonds is 5. The van der Waals surface area contributed by atoms with Gasteiger partial charge in [-0.25, -0.2) is 4.79 Å². The molecule has 112 valence electrons. The molecule has 0 unspecified atom stereocenters. The summed E-state index contributed by atoms with van der Waals surface area (Å²) >= 11 is 0. The number of aryl methyl sites for hydroxylation is 1. The van der Waals surface area contributed by atoms with E-state index in [4.69, 9.17) is 4.74 Å². The lowest BCUT2D eigenvalue weighted by atomic mass is 10.1. The fraction of sp³-hybridized carbons (Fsp3) is 0.400. The number of hydrogen-bond donors (Lipinski definition) is 2. The normalized spacial score (nSPS) is 13.4. The summed E-state index contributed by atoms with van der Waals surface area (Å²) in [5.74, 6) is -1.21. The van der Waals surface area contributed by atoms with Gasteiger partial charge in [0.2, 0.25) is 5.91 Å². The summed E-state index contributed by atoms with van der Waals surface area (Å²) in [6.45, 7) is 2.83. The van der Waals surface area contributed by atoms with Crippen LogP contribution in [0.3, 0.4) is 0 Å². The number of carbonyl (C=O) groups excluding carboxylic acids is 3. The third kappa shape index (κ3) is 4.30. The summed E-state index contributed by atoms with van der Waals surface area (Å²) in [7, 11) is 0. The van der Waals surface area contributed by atoms with Crippen LogP contribution in [0.4, 0.5) is 5.69 Å². The number of benzene rings is 1. The van der Waals surface area contributed by atoms with Crippen molar-refractivity contribution in [3.8, 4) is 0 Å². The fourth-order valence-electron chi connectivity index (χ4n) is 1.89. The van der Waals surface area contributed by atoms with E-state index in [1.165, 1.54) is 6.92 Å². The SMILES string of the molecule is CC(=O)Nc1c(C)cccc1C(=O)OCC(=O)NC1CC1. The van der Waals surface area contributed by atoms with Crippen molar-refractivity contribution in [3.63, 3.8) is 0 Å². The molecule has 0 aliphatic heterocycles. The number of nitrogens with one attached hydrogen (secondary N) is 2. The van der Waals surface area contributed by atoms with E-state index in [1.807, 2.05) is 0 Å². The molecule has 0 spiro atoms. The van der Waals surface area contributed by atoms with Crippen molar-refractivity contribution in [3.05, 3.63) is 29.3 Å². The molecule has 2 N–H and O–H groups in total. The standard InChI is InChI=1S/C15H18N2O4/c1-9-4-3-5-12(14(9)16-10(2)18)15(20)21-8-13(19)17-11-6-7-11/h3-5,11H,6-8H2,1-2H3,(H,16,18)(H,17,19). The maximum absolute atomic E-state index is 12.1. The average Bonchev–Trinajstić information content (AvgIpc) is 3.22. The van der Waals surface area contributed by atoms with E-state index in [2.05, 4.69) is 10.6 Å². The smallest absolute Gasteiger partial charge is 0.340 e. The first-order valence-corrected chi connectivity index (χ1v) is 6.81. The van der Waals surface area contributed by atoms with Crippen molar-refractivity contribution in [1.82, 2.24) is 5.32 Å². The molecule has 1 aliphatic carbocycles. The minimum atomic E-state index is -0.631. The molecule has 1 aliphatic rings. The van der Waals surface area contributed by atoms with Gasteiger partial charge in [-0.15, -0.1) is 0 Å². The van der Waals surface area contributed by atoms with E-state index in [0.717, 1.165) is 18.4 Å². The lowest BCUT2D eigenvalue weighted by molar-refractivity contribution is -0.124. The number of hydrogen-bond acceptors (Lipinski definition) is 4. The number of anilines is 1. The Labute approximate surface area is 122 Å². The summed E-state index contributed by atoms with van der Waals surface area (Å²) in [5.41, 5.74) is 1.41. The van der Waals surface area contributed by atoms with Crippen LogP contribution in [0.1, 0.15) is 35.7 Å². The van der Waals surface area contributed by atoms with E-state index in [-0.39, 0.29) is 30.0 Å². The van der Waals surface area contributed by atoms with Gasteiger partial charge < -0.3 is 15.4 Å². The lowest BCUT2D eigenvalue weighted by Gasteiger charge is -2.12. The predicted molar refractivity (Wildman–Crippen MR) is 76.9 cm³/mol. The second kappa shape index (κ2) is 6.39. The Morgan fingerprint density at radius 2 is 2.00 bits per heavy atom. The van der Waals surface area contributed by atoms with Gasteiger partial charge in [0.15, 0.2) is 6.61 Å². The lowest BCUT2D eigenvalue weighted by Crippen LogP contribution is -2.30. The molecule has 0 bridgehead atoms. The summed E-state index contributed by atoms with van der Waals surface area (Å²) in [6, 6.07) is 5.26. The Morgan fingerprint density at radius 3 is 2.62 bits per heavy atom. The molecule has 0 radical (unpaired) electrons. The molecule has 2 amide bonds. The second-order valence-corrected chi connectivity index (χ2v) is 5.10. The van der Waals surface area contributed by atoms with Crippen LogP contribution in [0.5, 0.6) is 0 Å². The zero-order valence-corrected chi connectivity index (χ0v) is 12.1. The van der Waals surface area contributed by atoms with Gasteiger partial charge in [0.05, 0.1) is 11.3 Å². The highest BCUT2D eigenvalue weighted by Crippen LogP contribution is 2.21. The van der Waals surface area contributed by atoms with Gasteiger partial charge in [-0.3, -0.25) is 9.59 Å². The van der Waals surface area contributed by atoms with Crippen molar-refractivity contribution < 1.29 is 19.1 Å². The highest BCUT2D eigenvalue weighted by molar-refractivity contribution is 6.02. The van der Waals surface area contributed by atoms with Gasteiger partial charge in [-0.05, 0) is 31.4 Å². The Kier molecular flexibility index (Phi) is 4.57. The molecule has 1 fully saturated rings. The van der Waals surface area contributed by atoms with Crippen LogP contribution in [0.2, 0.25) is 0 Å². The Hall–Kier alpha value is -2.37. The van der Waals surface area contributed by atoms with Gasteiger partial charge >= 0.3 is 5.97 Å². The average molecular weight is 290 g/mol. The summed E-state index contributed by atoms with van der Waals surface area (Å²) in [6.07, 6.45) is 1.95. The quantitative estimate of drug-likeness (QED) is 0.803. The first kappa shape index (κ1) is 15.0. The number of ether oxygens (including phenoxy) is 1. The van der Waals surface area contributed by atoms with Crippen molar-refractivity contribution in [1.29, 1.82) is 0 Å². The van der Waals surface area contributed by atoms with Crippen LogP contribution in [0.15, 0.2) is 18.2 Å².